The summed E-state index contributed by atoms with van der Waals surface area (Å²) in [5, 5.41) is 0. The standard InChI is InChI=1S/C11H20F3N/c1-10(2)5-3-8(4-6-10)9(7-15)11(12,13)14/h8-9H,3-7,15H2,1-2H3. The Morgan fingerprint density at radius 3 is 2.07 bits per heavy atom. The molecule has 0 bridgehead atoms. The molecule has 1 atom stereocenters. The number of rotatable bonds is 2. The molecule has 0 saturated heterocycles. The molecule has 1 fully saturated rings. The second-order valence-corrected chi connectivity index (χ2v) is 5.39. The lowest BCUT2D eigenvalue weighted by Gasteiger charge is -2.38. The van der Waals surface area contributed by atoms with Crippen LogP contribution in [0.2, 0.25) is 0 Å². The molecule has 1 aliphatic rings. The Balaban J connectivity index is 2.58. The van der Waals surface area contributed by atoms with Gasteiger partial charge in [-0.15, -0.1) is 0 Å². The first-order valence-corrected chi connectivity index (χ1v) is 5.53. The lowest BCUT2D eigenvalue weighted by Crippen LogP contribution is -2.39. The molecule has 0 aromatic rings. The Hall–Kier alpha value is -0.250. The van der Waals surface area contributed by atoms with Crippen molar-refractivity contribution in [2.45, 2.75) is 45.7 Å². The van der Waals surface area contributed by atoms with Crippen molar-refractivity contribution in [3.63, 3.8) is 0 Å². The van der Waals surface area contributed by atoms with E-state index < -0.39 is 12.1 Å². The van der Waals surface area contributed by atoms with Crippen LogP contribution in [-0.4, -0.2) is 12.7 Å². The highest BCUT2D eigenvalue weighted by atomic mass is 19.4. The largest absolute Gasteiger partial charge is 0.393 e. The smallest absolute Gasteiger partial charge is 0.330 e. The van der Waals surface area contributed by atoms with Gasteiger partial charge in [0.15, 0.2) is 0 Å². The molecule has 0 aliphatic heterocycles. The quantitative estimate of drug-likeness (QED) is 0.763. The van der Waals surface area contributed by atoms with E-state index in [1.807, 2.05) is 0 Å². The van der Waals surface area contributed by atoms with Crippen LogP contribution in [0.4, 0.5) is 13.2 Å². The fourth-order valence-corrected chi connectivity index (χ4v) is 2.42. The number of alkyl halides is 3. The molecule has 15 heavy (non-hydrogen) atoms. The molecule has 0 spiro atoms. The molecule has 2 N–H and O–H groups in total. The maximum absolute atomic E-state index is 12.6. The highest BCUT2D eigenvalue weighted by molar-refractivity contribution is 4.85. The van der Waals surface area contributed by atoms with Crippen molar-refractivity contribution in [2.75, 3.05) is 6.54 Å². The summed E-state index contributed by atoms with van der Waals surface area (Å²) >= 11 is 0. The molecule has 1 saturated carbocycles. The van der Waals surface area contributed by atoms with Crippen LogP contribution in [0.1, 0.15) is 39.5 Å². The molecule has 0 amide bonds. The normalized spacial score (nSPS) is 25.2. The van der Waals surface area contributed by atoms with Crippen LogP contribution in [0.15, 0.2) is 0 Å². The van der Waals surface area contributed by atoms with Crippen LogP contribution in [0.3, 0.4) is 0 Å². The summed E-state index contributed by atoms with van der Waals surface area (Å²) < 4.78 is 37.9. The molecule has 1 unspecified atom stereocenters. The van der Waals surface area contributed by atoms with Gasteiger partial charge < -0.3 is 5.73 Å². The lowest BCUT2D eigenvalue weighted by atomic mass is 9.69. The van der Waals surface area contributed by atoms with Gasteiger partial charge in [-0.25, -0.2) is 0 Å². The zero-order chi connectivity index (χ0) is 11.7. The SMILES string of the molecule is CC1(C)CCC(C(CN)C(F)(F)F)CC1. The van der Waals surface area contributed by atoms with Crippen LogP contribution < -0.4 is 5.73 Å². The van der Waals surface area contributed by atoms with E-state index in [-0.39, 0.29) is 17.9 Å². The molecule has 0 aromatic heterocycles. The van der Waals surface area contributed by atoms with E-state index in [1.54, 1.807) is 0 Å². The maximum Gasteiger partial charge on any atom is 0.393 e. The van der Waals surface area contributed by atoms with Crippen molar-refractivity contribution in [3.8, 4) is 0 Å². The van der Waals surface area contributed by atoms with Gasteiger partial charge in [0.05, 0.1) is 5.92 Å². The summed E-state index contributed by atoms with van der Waals surface area (Å²) in [6.07, 6.45) is -1.04. The summed E-state index contributed by atoms with van der Waals surface area (Å²) in [6.45, 7) is 3.97. The Morgan fingerprint density at radius 2 is 1.73 bits per heavy atom. The van der Waals surface area contributed by atoms with Crippen molar-refractivity contribution < 1.29 is 13.2 Å². The summed E-state index contributed by atoms with van der Waals surface area (Å²) in [5.41, 5.74) is 5.45. The van der Waals surface area contributed by atoms with Crippen LogP contribution in [0.5, 0.6) is 0 Å². The maximum atomic E-state index is 12.6. The van der Waals surface area contributed by atoms with Crippen LogP contribution >= 0.6 is 0 Å². The van der Waals surface area contributed by atoms with Gasteiger partial charge in [0.25, 0.3) is 0 Å². The molecule has 1 nitrogen and oxygen atoms in total. The van der Waals surface area contributed by atoms with E-state index in [9.17, 15) is 13.2 Å². The van der Waals surface area contributed by atoms with Crippen molar-refractivity contribution in [3.05, 3.63) is 0 Å². The van der Waals surface area contributed by atoms with Gasteiger partial charge >= 0.3 is 6.18 Å². The van der Waals surface area contributed by atoms with E-state index in [0.717, 1.165) is 12.8 Å². The van der Waals surface area contributed by atoms with Gasteiger partial charge in [-0.2, -0.15) is 13.2 Å². The van der Waals surface area contributed by atoms with Gasteiger partial charge in [-0.1, -0.05) is 13.8 Å². The molecule has 0 aromatic carbocycles. The number of halogens is 3. The van der Waals surface area contributed by atoms with Gasteiger partial charge in [0.1, 0.15) is 0 Å². The minimum absolute atomic E-state index is 0.210. The Labute approximate surface area is 89.2 Å². The topological polar surface area (TPSA) is 26.0 Å². The van der Waals surface area contributed by atoms with E-state index >= 15 is 0 Å². The second-order valence-electron chi connectivity index (χ2n) is 5.39. The van der Waals surface area contributed by atoms with E-state index in [1.165, 1.54) is 0 Å². The summed E-state index contributed by atoms with van der Waals surface area (Å²) in [7, 11) is 0. The third-order valence-electron chi connectivity index (χ3n) is 3.63. The first-order chi connectivity index (χ1) is 6.76. The minimum Gasteiger partial charge on any atom is -0.330 e. The Kier molecular flexibility index (Phi) is 3.69. The third kappa shape index (κ3) is 3.37. The lowest BCUT2D eigenvalue weighted by molar-refractivity contribution is -0.190. The van der Waals surface area contributed by atoms with E-state index in [2.05, 4.69) is 13.8 Å². The molecule has 4 heteroatoms. The average Bonchev–Trinajstić information content (AvgIpc) is 2.06. The van der Waals surface area contributed by atoms with Crippen LogP contribution in [0, 0.1) is 17.3 Å². The van der Waals surface area contributed by atoms with Gasteiger partial charge in [-0.05, 0) is 37.0 Å². The highest BCUT2D eigenvalue weighted by Gasteiger charge is 2.45. The Morgan fingerprint density at radius 1 is 1.27 bits per heavy atom. The predicted octanol–water partition coefficient (Wildman–Crippen LogP) is 3.34. The van der Waals surface area contributed by atoms with Gasteiger partial charge in [0, 0.05) is 6.54 Å². The molecule has 1 rings (SSSR count). The number of nitrogens with two attached hydrogens (primary N) is 1. The van der Waals surface area contributed by atoms with E-state index in [0.29, 0.717) is 12.8 Å². The van der Waals surface area contributed by atoms with E-state index in [4.69, 9.17) is 5.73 Å². The van der Waals surface area contributed by atoms with Crippen molar-refractivity contribution >= 4 is 0 Å². The highest BCUT2D eigenvalue weighted by Crippen LogP contribution is 2.44. The summed E-state index contributed by atoms with van der Waals surface area (Å²) in [5.74, 6) is -1.56. The summed E-state index contributed by atoms with van der Waals surface area (Å²) in [4.78, 5) is 0. The number of hydrogen-bond donors (Lipinski definition) is 1. The second kappa shape index (κ2) is 4.32. The molecule has 0 heterocycles. The molecule has 90 valence electrons. The first kappa shape index (κ1) is 12.8. The summed E-state index contributed by atoms with van der Waals surface area (Å²) in [6, 6.07) is 0. The number of hydrogen-bond acceptors (Lipinski definition) is 1. The molecule has 1 aliphatic carbocycles. The van der Waals surface area contributed by atoms with Gasteiger partial charge in [-0.3, -0.25) is 0 Å². The van der Waals surface area contributed by atoms with Crippen molar-refractivity contribution in [1.29, 1.82) is 0 Å². The third-order valence-corrected chi connectivity index (χ3v) is 3.63. The first-order valence-electron chi connectivity index (χ1n) is 5.53. The van der Waals surface area contributed by atoms with Gasteiger partial charge in [0.2, 0.25) is 0 Å². The van der Waals surface area contributed by atoms with Crippen LogP contribution in [-0.2, 0) is 0 Å². The zero-order valence-electron chi connectivity index (χ0n) is 9.40. The van der Waals surface area contributed by atoms with Crippen molar-refractivity contribution in [2.24, 2.45) is 23.0 Å². The monoisotopic (exact) mass is 223 g/mol. The molecule has 0 radical (unpaired) electrons. The predicted molar refractivity (Wildman–Crippen MR) is 54.3 cm³/mol. The fourth-order valence-electron chi connectivity index (χ4n) is 2.42. The molecular formula is C11H20F3N. The fraction of sp³-hybridized carbons (Fsp3) is 1.00. The minimum atomic E-state index is -4.12. The average molecular weight is 223 g/mol. The van der Waals surface area contributed by atoms with Crippen molar-refractivity contribution in [1.82, 2.24) is 0 Å². The zero-order valence-corrected chi connectivity index (χ0v) is 9.40. The Bertz CT molecular complexity index is 200. The van der Waals surface area contributed by atoms with Crippen LogP contribution in [0.25, 0.3) is 0 Å². The molecular weight excluding hydrogens is 203 g/mol.